The summed E-state index contributed by atoms with van der Waals surface area (Å²) in [4.78, 5) is 32.1. The average molecular weight is 485 g/mol. The second kappa shape index (κ2) is 9.95. The molecule has 0 saturated carbocycles. The number of carbonyl (C=O) groups excluding carboxylic acids is 2. The van der Waals surface area contributed by atoms with Crippen molar-refractivity contribution in [1.29, 1.82) is 0 Å². The third-order valence-corrected chi connectivity index (χ3v) is 5.11. The molecule has 0 saturated heterocycles. The van der Waals surface area contributed by atoms with E-state index in [4.69, 9.17) is 23.7 Å². The minimum Gasteiger partial charge on any atom is -0.495 e. The van der Waals surface area contributed by atoms with Crippen LogP contribution >= 0.6 is 0 Å². The van der Waals surface area contributed by atoms with E-state index >= 15 is 0 Å². The van der Waals surface area contributed by atoms with Crippen LogP contribution in [0, 0.1) is 0 Å². The maximum Gasteiger partial charge on any atom is 0.414 e. The van der Waals surface area contributed by atoms with Crippen molar-refractivity contribution < 1.29 is 33.3 Å². The summed E-state index contributed by atoms with van der Waals surface area (Å²) in [7, 11) is 4.48. The molecule has 188 valence electrons. The molecule has 0 unspecified atom stereocenters. The van der Waals surface area contributed by atoms with E-state index in [1.807, 2.05) is 26.0 Å². The van der Waals surface area contributed by atoms with Crippen molar-refractivity contribution in [3.63, 3.8) is 0 Å². The zero-order valence-corrected chi connectivity index (χ0v) is 21.4. The Labute approximate surface area is 205 Å². The van der Waals surface area contributed by atoms with Crippen LogP contribution in [0.3, 0.4) is 0 Å². The fourth-order valence-electron chi connectivity index (χ4n) is 3.54. The molecule has 0 radical (unpaired) electrons. The van der Waals surface area contributed by atoms with E-state index in [9.17, 15) is 9.59 Å². The first-order valence-corrected chi connectivity index (χ1v) is 11.1. The molecular weight excluding hydrogens is 452 g/mol. The topological polar surface area (TPSA) is 96.4 Å². The zero-order chi connectivity index (χ0) is 26.0. The Balaban J connectivity index is 2.16. The monoisotopic (exact) mass is 484 g/mol. The van der Waals surface area contributed by atoms with Gasteiger partial charge in [-0.1, -0.05) is 0 Å². The number of amides is 1. The zero-order valence-electron chi connectivity index (χ0n) is 21.4. The summed E-state index contributed by atoms with van der Waals surface area (Å²) in [6, 6.07) is 3.18. The van der Waals surface area contributed by atoms with Crippen LogP contribution in [0.4, 0.5) is 10.5 Å². The van der Waals surface area contributed by atoms with Crippen LogP contribution in [0.1, 0.15) is 56.1 Å². The van der Waals surface area contributed by atoms with Crippen molar-refractivity contribution in [2.24, 2.45) is 0 Å². The molecule has 2 heterocycles. The Hall–Kier alpha value is -3.59. The van der Waals surface area contributed by atoms with Crippen LogP contribution in [0.5, 0.6) is 17.2 Å². The molecule has 9 nitrogen and oxygen atoms in total. The van der Waals surface area contributed by atoms with E-state index in [-0.39, 0.29) is 35.1 Å². The molecule has 1 amide bonds. The number of ether oxygens (including phenoxy) is 5. The number of hydrogen-bond acceptors (Lipinski definition) is 8. The van der Waals surface area contributed by atoms with Gasteiger partial charge in [-0.25, -0.2) is 4.79 Å². The van der Waals surface area contributed by atoms with Crippen molar-refractivity contribution in [2.45, 2.75) is 45.8 Å². The predicted molar refractivity (Wildman–Crippen MR) is 132 cm³/mol. The molecule has 35 heavy (non-hydrogen) atoms. The van der Waals surface area contributed by atoms with Crippen LogP contribution in [-0.4, -0.2) is 56.1 Å². The Morgan fingerprint density at radius 2 is 1.91 bits per heavy atom. The number of aromatic nitrogens is 1. The molecule has 1 aliphatic rings. The first kappa shape index (κ1) is 26.0. The summed E-state index contributed by atoms with van der Waals surface area (Å²) in [5.41, 5.74) is 0.0152. The van der Waals surface area contributed by atoms with Gasteiger partial charge in [-0.2, -0.15) is 0 Å². The Morgan fingerprint density at radius 3 is 2.54 bits per heavy atom. The second-order valence-electron chi connectivity index (χ2n) is 9.55. The molecule has 9 heteroatoms. The van der Waals surface area contributed by atoms with Gasteiger partial charge < -0.3 is 23.7 Å². The van der Waals surface area contributed by atoms with E-state index in [2.05, 4.69) is 4.98 Å². The highest BCUT2D eigenvalue weighted by Crippen LogP contribution is 2.45. The smallest absolute Gasteiger partial charge is 0.414 e. The third-order valence-electron chi connectivity index (χ3n) is 5.11. The van der Waals surface area contributed by atoms with Crippen molar-refractivity contribution in [3.8, 4) is 17.2 Å². The highest BCUT2D eigenvalue weighted by atomic mass is 16.7. The second-order valence-corrected chi connectivity index (χ2v) is 9.55. The van der Waals surface area contributed by atoms with Crippen LogP contribution in [0.25, 0.3) is 6.08 Å². The van der Waals surface area contributed by atoms with E-state index in [1.165, 1.54) is 44.6 Å². The summed E-state index contributed by atoms with van der Waals surface area (Å²) in [6.07, 6.45) is 6.03. The molecule has 3 rings (SSSR count). The first-order valence-electron chi connectivity index (χ1n) is 11.1. The van der Waals surface area contributed by atoms with Gasteiger partial charge in [0, 0.05) is 32.0 Å². The molecule has 1 aromatic carbocycles. The molecule has 1 aliphatic heterocycles. The Kier molecular flexibility index (Phi) is 7.40. The van der Waals surface area contributed by atoms with Crippen molar-refractivity contribution in [3.05, 3.63) is 47.3 Å². The SMILES string of the molecule is COCOc1cc2c(c(OC)c1C(=O)c1ccncc1N(C)C(=O)OC(C)(C)C)C=CC(C)(C)O2. The van der Waals surface area contributed by atoms with Crippen LogP contribution in [0.2, 0.25) is 0 Å². The largest absolute Gasteiger partial charge is 0.495 e. The number of anilines is 1. The number of rotatable bonds is 7. The number of pyridine rings is 1. The molecule has 0 fully saturated rings. The summed E-state index contributed by atoms with van der Waals surface area (Å²) in [6.45, 7) is 9.04. The first-order chi connectivity index (χ1) is 16.4. The van der Waals surface area contributed by atoms with Crippen LogP contribution in [0.15, 0.2) is 30.6 Å². The van der Waals surface area contributed by atoms with Gasteiger partial charge in [0.15, 0.2) is 6.79 Å². The standard InChI is InChI=1S/C26H32N2O7/c1-25(2,3)35-24(30)28(6)18-14-27-12-10-16(18)22(29)21-20(33-15-31-7)13-19-17(23(21)32-8)9-11-26(4,5)34-19/h9-14H,15H2,1-8H3. The number of methoxy groups -OCH3 is 2. The number of nitrogens with zero attached hydrogens (tertiary/aromatic N) is 2. The normalized spacial score (nSPS) is 13.9. The number of fused-ring (bicyclic) bond motifs is 1. The van der Waals surface area contributed by atoms with E-state index in [1.54, 1.807) is 26.8 Å². The van der Waals surface area contributed by atoms with Gasteiger partial charge in [-0.05, 0) is 52.8 Å². The molecule has 0 spiro atoms. The minimum absolute atomic E-state index is 0.0948. The van der Waals surface area contributed by atoms with Crippen molar-refractivity contribution >= 4 is 23.6 Å². The van der Waals surface area contributed by atoms with Crippen LogP contribution in [-0.2, 0) is 9.47 Å². The van der Waals surface area contributed by atoms with Gasteiger partial charge in [0.2, 0.25) is 5.78 Å². The van der Waals surface area contributed by atoms with Crippen LogP contribution < -0.4 is 19.1 Å². The molecule has 0 bridgehead atoms. The van der Waals surface area contributed by atoms with E-state index < -0.39 is 23.1 Å². The number of benzene rings is 1. The highest BCUT2D eigenvalue weighted by molar-refractivity contribution is 6.17. The molecule has 1 aromatic heterocycles. The Bertz CT molecular complexity index is 1150. The van der Waals surface area contributed by atoms with Gasteiger partial charge in [0.05, 0.1) is 24.6 Å². The highest BCUT2D eigenvalue weighted by Gasteiger charge is 2.32. The molecule has 0 atom stereocenters. The molecular formula is C26H32N2O7. The molecule has 2 aromatic rings. The fraction of sp³-hybridized carbons (Fsp3) is 0.423. The number of hydrogen-bond donors (Lipinski definition) is 0. The summed E-state index contributed by atoms with van der Waals surface area (Å²) in [5.74, 6) is 0.592. The lowest BCUT2D eigenvalue weighted by Crippen LogP contribution is -2.35. The third kappa shape index (κ3) is 5.74. The van der Waals surface area contributed by atoms with E-state index in [0.717, 1.165) is 0 Å². The maximum absolute atomic E-state index is 14.0. The lowest BCUT2D eigenvalue weighted by atomic mass is 9.94. The van der Waals surface area contributed by atoms with E-state index in [0.29, 0.717) is 11.3 Å². The predicted octanol–water partition coefficient (Wildman–Crippen LogP) is 4.86. The average Bonchev–Trinajstić information content (AvgIpc) is 2.78. The molecule has 0 aliphatic carbocycles. The quantitative estimate of drug-likeness (QED) is 0.406. The van der Waals surface area contributed by atoms with Gasteiger partial charge in [0.25, 0.3) is 0 Å². The lowest BCUT2D eigenvalue weighted by molar-refractivity contribution is 0.0496. The minimum atomic E-state index is -0.708. The maximum atomic E-state index is 14.0. The summed E-state index contributed by atoms with van der Waals surface area (Å²) in [5, 5.41) is 0. The number of carbonyl (C=O) groups is 2. The molecule has 0 N–H and O–H groups in total. The summed E-state index contributed by atoms with van der Waals surface area (Å²) < 4.78 is 28.1. The van der Waals surface area contributed by atoms with Crippen molar-refractivity contribution in [2.75, 3.05) is 33.0 Å². The fourth-order valence-corrected chi connectivity index (χ4v) is 3.54. The van der Waals surface area contributed by atoms with Gasteiger partial charge in [-0.3, -0.25) is 14.7 Å². The van der Waals surface area contributed by atoms with Crippen molar-refractivity contribution in [1.82, 2.24) is 4.98 Å². The van der Waals surface area contributed by atoms with Gasteiger partial charge in [0.1, 0.15) is 34.0 Å². The summed E-state index contributed by atoms with van der Waals surface area (Å²) >= 11 is 0. The number of ketones is 1. The lowest BCUT2D eigenvalue weighted by Gasteiger charge is -2.30. The van der Waals surface area contributed by atoms with Gasteiger partial charge in [-0.15, -0.1) is 0 Å². The van der Waals surface area contributed by atoms with Gasteiger partial charge >= 0.3 is 6.09 Å². The Morgan fingerprint density at radius 1 is 1.20 bits per heavy atom.